The molecule has 2 amide bonds. The molecule has 0 atom stereocenters. The van der Waals surface area contributed by atoms with Gasteiger partial charge in [0.05, 0.1) is 24.9 Å². The summed E-state index contributed by atoms with van der Waals surface area (Å²) in [7, 11) is 1.43. The number of rotatable bonds is 5. The van der Waals surface area contributed by atoms with Crippen LogP contribution in [0.25, 0.3) is 0 Å². The summed E-state index contributed by atoms with van der Waals surface area (Å²) in [5.41, 5.74) is 0.121. The zero-order valence-corrected chi connectivity index (χ0v) is 11.6. The third-order valence-corrected chi connectivity index (χ3v) is 3.24. The zero-order chi connectivity index (χ0) is 15.4. The molecule has 21 heavy (non-hydrogen) atoms. The quantitative estimate of drug-likeness (QED) is 0.842. The summed E-state index contributed by atoms with van der Waals surface area (Å²) in [5, 5.41) is 11.7. The second-order valence-electron chi connectivity index (χ2n) is 4.68. The molecule has 2 rings (SSSR count). The minimum atomic E-state index is -1.17. The number of carbonyl (C=O) groups excluding carboxylic acids is 2. The van der Waals surface area contributed by atoms with Crippen LogP contribution in [-0.2, 0) is 9.59 Å². The van der Waals surface area contributed by atoms with Crippen LogP contribution in [0.3, 0.4) is 0 Å². The van der Waals surface area contributed by atoms with Crippen molar-refractivity contribution in [1.82, 2.24) is 4.90 Å². The van der Waals surface area contributed by atoms with E-state index in [1.165, 1.54) is 24.1 Å². The number of methoxy groups -OCH3 is 1. The number of benzene rings is 1. The first-order chi connectivity index (χ1) is 10.0. The summed E-state index contributed by atoms with van der Waals surface area (Å²) in [5.74, 6) is -1.25. The number of carboxylic acids is 1. The third kappa shape index (κ3) is 3.50. The molecule has 7 heteroatoms. The lowest BCUT2D eigenvalue weighted by atomic mass is 10.1. The molecule has 0 radical (unpaired) electrons. The maximum atomic E-state index is 11.9. The maximum Gasteiger partial charge on any atom is 0.337 e. The van der Waals surface area contributed by atoms with Crippen molar-refractivity contribution in [2.75, 3.05) is 25.5 Å². The van der Waals surface area contributed by atoms with Gasteiger partial charge in [-0.1, -0.05) is 0 Å². The summed E-state index contributed by atoms with van der Waals surface area (Å²) >= 11 is 0. The van der Waals surface area contributed by atoms with Crippen molar-refractivity contribution in [3.05, 3.63) is 23.8 Å². The number of carbonyl (C=O) groups is 3. The van der Waals surface area contributed by atoms with Gasteiger partial charge in [-0.25, -0.2) is 4.79 Å². The monoisotopic (exact) mass is 292 g/mol. The fraction of sp³-hybridized carbons (Fsp3) is 0.357. The van der Waals surface area contributed by atoms with Crippen molar-refractivity contribution < 1.29 is 24.2 Å². The molecule has 1 aliphatic heterocycles. The number of carboxylic acid groups (broad SMARTS) is 1. The Kier molecular flexibility index (Phi) is 4.42. The lowest BCUT2D eigenvalue weighted by molar-refractivity contribution is -0.131. The van der Waals surface area contributed by atoms with Crippen LogP contribution in [0.2, 0.25) is 0 Å². The maximum absolute atomic E-state index is 11.9. The largest absolute Gasteiger partial charge is 0.497 e. The number of hydrogen-bond acceptors (Lipinski definition) is 4. The van der Waals surface area contributed by atoms with E-state index in [2.05, 4.69) is 5.32 Å². The first-order valence-corrected chi connectivity index (χ1v) is 6.50. The lowest BCUT2D eigenvalue weighted by Gasteiger charge is -2.16. The molecule has 1 saturated heterocycles. The third-order valence-electron chi connectivity index (χ3n) is 3.24. The van der Waals surface area contributed by atoms with Gasteiger partial charge in [-0.15, -0.1) is 0 Å². The molecule has 112 valence electrons. The number of amides is 2. The topological polar surface area (TPSA) is 95.9 Å². The van der Waals surface area contributed by atoms with Crippen molar-refractivity contribution in [2.45, 2.75) is 12.8 Å². The number of likely N-dealkylation sites (tertiary alicyclic amines) is 1. The highest BCUT2D eigenvalue weighted by Gasteiger charge is 2.23. The zero-order valence-electron chi connectivity index (χ0n) is 11.6. The van der Waals surface area contributed by atoms with Gasteiger partial charge in [0.25, 0.3) is 0 Å². The van der Waals surface area contributed by atoms with Crippen molar-refractivity contribution >= 4 is 23.5 Å². The Hall–Kier alpha value is -2.57. The Labute approximate surface area is 121 Å². The van der Waals surface area contributed by atoms with Gasteiger partial charge in [-0.05, 0) is 24.6 Å². The molecule has 0 aliphatic carbocycles. The second-order valence-corrected chi connectivity index (χ2v) is 4.68. The summed E-state index contributed by atoms with van der Waals surface area (Å²) in [6.45, 7) is 0.491. The van der Waals surface area contributed by atoms with E-state index in [4.69, 9.17) is 9.84 Å². The summed E-state index contributed by atoms with van der Waals surface area (Å²) in [4.78, 5) is 36.0. The minimum Gasteiger partial charge on any atom is -0.497 e. The van der Waals surface area contributed by atoms with Crippen LogP contribution in [0.1, 0.15) is 23.2 Å². The smallest absolute Gasteiger partial charge is 0.337 e. The molecule has 0 unspecified atom stereocenters. The number of anilines is 1. The van der Waals surface area contributed by atoms with Crippen LogP contribution < -0.4 is 10.1 Å². The Bertz CT molecular complexity index is 585. The van der Waals surface area contributed by atoms with Gasteiger partial charge < -0.3 is 20.1 Å². The van der Waals surface area contributed by atoms with Gasteiger partial charge in [0.15, 0.2) is 0 Å². The Balaban J connectivity index is 2.09. The van der Waals surface area contributed by atoms with E-state index < -0.39 is 11.9 Å². The summed E-state index contributed by atoms with van der Waals surface area (Å²) < 4.78 is 4.96. The summed E-state index contributed by atoms with van der Waals surface area (Å²) in [6, 6.07) is 4.36. The van der Waals surface area contributed by atoms with Gasteiger partial charge in [0.2, 0.25) is 11.8 Å². The minimum absolute atomic E-state index is 0.0571. The van der Waals surface area contributed by atoms with Crippen LogP contribution in [0.4, 0.5) is 5.69 Å². The number of nitrogens with one attached hydrogen (secondary N) is 1. The summed E-state index contributed by atoms with van der Waals surface area (Å²) in [6.07, 6.45) is 1.20. The molecule has 0 saturated carbocycles. The molecule has 1 aromatic rings. The predicted octanol–water partition coefficient (Wildman–Crippen LogP) is 0.954. The van der Waals surface area contributed by atoms with Gasteiger partial charge in [0.1, 0.15) is 5.75 Å². The lowest BCUT2D eigenvalue weighted by Crippen LogP contribution is -2.34. The van der Waals surface area contributed by atoms with E-state index in [9.17, 15) is 14.4 Å². The van der Waals surface area contributed by atoms with Gasteiger partial charge in [-0.3, -0.25) is 9.59 Å². The van der Waals surface area contributed by atoms with E-state index in [-0.39, 0.29) is 23.7 Å². The van der Waals surface area contributed by atoms with E-state index in [0.29, 0.717) is 18.7 Å². The highest BCUT2D eigenvalue weighted by atomic mass is 16.5. The molecular weight excluding hydrogens is 276 g/mol. The van der Waals surface area contributed by atoms with Crippen LogP contribution in [0.15, 0.2) is 18.2 Å². The van der Waals surface area contributed by atoms with E-state index in [0.717, 1.165) is 6.42 Å². The fourth-order valence-electron chi connectivity index (χ4n) is 2.17. The number of hydrogen-bond donors (Lipinski definition) is 2. The average Bonchev–Trinajstić information content (AvgIpc) is 2.84. The van der Waals surface area contributed by atoms with Crippen LogP contribution in [0, 0.1) is 0 Å². The van der Waals surface area contributed by atoms with Crippen LogP contribution in [-0.4, -0.2) is 48.0 Å². The first-order valence-electron chi connectivity index (χ1n) is 6.50. The standard InChI is InChI=1S/C14H16N2O5/c1-21-9-4-5-11(10(7-9)14(19)20)15-12(17)8-16-6-2-3-13(16)18/h4-5,7H,2-3,6,8H2,1H3,(H,15,17)(H,19,20). The molecular formula is C14H16N2O5. The molecule has 0 bridgehead atoms. The number of aromatic carboxylic acids is 1. The molecule has 1 aliphatic rings. The van der Waals surface area contributed by atoms with Gasteiger partial charge >= 0.3 is 5.97 Å². The molecule has 0 spiro atoms. The first kappa shape index (κ1) is 14.8. The Morgan fingerprint density at radius 2 is 2.19 bits per heavy atom. The van der Waals surface area contributed by atoms with E-state index in [1.807, 2.05) is 0 Å². The Morgan fingerprint density at radius 1 is 1.43 bits per heavy atom. The van der Waals surface area contributed by atoms with Crippen LogP contribution in [0.5, 0.6) is 5.75 Å². The van der Waals surface area contributed by atoms with Crippen LogP contribution >= 0.6 is 0 Å². The highest BCUT2D eigenvalue weighted by molar-refractivity contribution is 6.02. The number of ether oxygens (including phenoxy) is 1. The highest BCUT2D eigenvalue weighted by Crippen LogP contribution is 2.22. The van der Waals surface area contributed by atoms with Crippen molar-refractivity contribution in [1.29, 1.82) is 0 Å². The van der Waals surface area contributed by atoms with E-state index in [1.54, 1.807) is 6.07 Å². The van der Waals surface area contributed by atoms with Crippen molar-refractivity contribution in [3.8, 4) is 5.75 Å². The number of nitrogens with zero attached hydrogens (tertiary/aromatic N) is 1. The molecule has 1 aromatic carbocycles. The normalized spacial score (nSPS) is 14.1. The van der Waals surface area contributed by atoms with E-state index >= 15 is 0 Å². The fourth-order valence-corrected chi connectivity index (χ4v) is 2.17. The molecule has 1 heterocycles. The second kappa shape index (κ2) is 6.25. The molecule has 7 nitrogen and oxygen atoms in total. The SMILES string of the molecule is COc1ccc(NC(=O)CN2CCCC2=O)c(C(=O)O)c1. The average molecular weight is 292 g/mol. The van der Waals surface area contributed by atoms with Gasteiger partial charge in [-0.2, -0.15) is 0 Å². The van der Waals surface area contributed by atoms with Crippen molar-refractivity contribution in [2.24, 2.45) is 0 Å². The molecule has 0 aromatic heterocycles. The molecule has 1 fully saturated rings. The van der Waals surface area contributed by atoms with Gasteiger partial charge in [0, 0.05) is 13.0 Å². The predicted molar refractivity (Wildman–Crippen MR) is 74.4 cm³/mol. The molecule has 2 N–H and O–H groups in total. The Morgan fingerprint density at radius 3 is 2.76 bits per heavy atom. The van der Waals surface area contributed by atoms with Crippen molar-refractivity contribution in [3.63, 3.8) is 0 Å².